The minimum Gasteiger partial charge on any atom is -0.508 e. The molecule has 3 heterocycles. The lowest BCUT2D eigenvalue weighted by Gasteiger charge is -2.33. The van der Waals surface area contributed by atoms with Crippen LogP contribution in [0.4, 0.5) is 0 Å². The van der Waals surface area contributed by atoms with E-state index in [9.17, 15) is 97.5 Å². The smallest absolute Gasteiger partial charge is 0.245 e. The van der Waals surface area contributed by atoms with Gasteiger partial charge in [0.15, 0.2) is 0 Å². The molecule has 596 valence electrons. The standard InChI is InChI=1S/C70H106N18O20/c1-34(2)53-66(105)86-54(37(5)92)67(106)83-48(30-38-15-17-40(93)18-16-38)62(101)79-45(22-26-72)58(97)77-43(19-20-52(73)94)57(96)78-44(21-25-71)59(98)80-46(23-28-89)60(99)82-49(31-39-32-74-42-13-10-9-12-41(39)42)63(102)81-47(24-29-90)61(100)87-55(70(6,7)8)68(107)75-35(3)56(95)84-50(33-91)64(103)76-36(4)69(108)88-27-11-14-51(88)65(104)85-53/h9-10,12-13,15-18,32,34-37,43-51,53-55,74,89-93H,11,14,19-31,33,71-72H2,1-8H3,(H2,73,94)(H,75,107)(H,76,103)(H,77,97)(H,78,96)(H,79,101)(H,80,98)(H,81,102)(H,82,99)(H,83,106)(H,84,95)(H,85,104)(H,86,105)(H,87,100)/t35-,36+,37+,43-,44+,45-,46-,47-,48-,49-,50-,51-,53-,54-,55+/m0/s1. The molecule has 0 bridgehead atoms. The number of amides is 15. The number of nitrogens with two attached hydrogens (primary N) is 3. The van der Waals surface area contributed by atoms with Gasteiger partial charge in [0.05, 0.1) is 12.7 Å². The Bertz CT molecular complexity index is 3680. The number of phenols is 1. The lowest BCUT2D eigenvalue weighted by Crippen LogP contribution is -2.63. The zero-order valence-electron chi connectivity index (χ0n) is 61.8. The van der Waals surface area contributed by atoms with Crippen molar-refractivity contribution in [2.24, 2.45) is 28.5 Å². The molecule has 1 aromatic heterocycles. The quantitative estimate of drug-likeness (QED) is 0.0563. The maximum atomic E-state index is 14.7. The number of aromatic nitrogens is 1. The van der Waals surface area contributed by atoms with E-state index in [0.717, 1.165) is 11.8 Å². The predicted molar refractivity (Wildman–Crippen MR) is 387 cm³/mol. The number of phenolic OH excluding ortho intramolecular Hbond substituents is 1. The van der Waals surface area contributed by atoms with Gasteiger partial charge in [0, 0.05) is 56.1 Å². The number of nitrogens with zero attached hydrogens (tertiary/aromatic N) is 1. The van der Waals surface area contributed by atoms with E-state index in [-0.39, 0.29) is 63.9 Å². The number of benzene rings is 2. The Balaban J connectivity index is 1.57. The molecule has 2 saturated heterocycles. The van der Waals surface area contributed by atoms with E-state index in [2.05, 4.69) is 74.1 Å². The highest BCUT2D eigenvalue weighted by atomic mass is 16.3. The van der Waals surface area contributed by atoms with Crippen LogP contribution < -0.4 is 86.3 Å². The largest absolute Gasteiger partial charge is 0.508 e. The average molecular weight is 1520 g/mol. The molecule has 108 heavy (non-hydrogen) atoms. The van der Waals surface area contributed by atoms with Gasteiger partial charge in [-0.1, -0.05) is 65.0 Å². The summed E-state index contributed by atoms with van der Waals surface area (Å²) in [6.45, 7) is 8.27. The first-order valence-corrected chi connectivity index (χ1v) is 35.7. The molecule has 2 aliphatic rings. The maximum Gasteiger partial charge on any atom is 0.245 e. The molecule has 2 aromatic carbocycles. The van der Waals surface area contributed by atoms with Crippen molar-refractivity contribution in [1.82, 2.24) is 79.0 Å². The molecular formula is C70H106N18O20. The van der Waals surface area contributed by atoms with Gasteiger partial charge in [0.25, 0.3) is 0 Å². The third-order valence-corrected chi connectivity index (χ3v) is 18.2. The summed E-state index contributed by atoms with van der Waals surface area (Å²) in [7, 11) is 0. The Labute approximate surface area is 623 Å². The second-order valence-corrected chi connectivity index (χ2v) is 28.2. The Hall–Kier alpha value is -10.4. The number of fused-ring (bicyclic) bond motifs is 2. The number of rotatable bonds is 18. The van der Waals surface area contributed by atoms with Crippen LogP contribution in [0.3, 0.4) is 0 Å². The van der Waals surface area contributed by atoms with E-state index in [4.69, 9.17) is 17.2 Å². The minimum absolute atomic E-state index is 0.00774. The monoisotopic (exact) mass is 1520 g/mol. The number of carbonyl (C=O) groups is 15. The van der Waals surface area contributed by atoms with Crippen LogP contribution in [-0.2, 0) is 84.8 Å². The highest BCUT2D eigenvalue weighted by Gasteiger charge is 2.43. The summed E-state index contributed by atoms with van der Waals surface area (Å²) in [5.74, 6) is -16.3. The van der Waals surface area contributed by atoms with Crippen molar-refractivity contribution in [3.8, 4) is 5.75 Å². The van der Waals surface area contributed by atoms with Gasteiger partial charge >= 0.3 is 0 Å². The predicted octanol–water partition coefficient (Wildman–Crippen LogP) is -7.19. The summed E-state index contributed by atoms with van der Waals surface area (Å²) in [5, 5.41) is 85.0. The summed E-state index contributed by atoms with van der Waals surface area (Å²) in [5.41, 5.74) is 17.6. The van der Waals surface area contributed by atoms with E-state index < -0.39 is 236 Å². The number of hydrogen-bond donors (Lipinski definition) is 22. The van der Waals surface area contributed by atoms with Crippen molar-refractivity contribution in [2.75, 3.05) is 39.5 Å². The second-order valence-electron chi connectivity index (χ2n) is 28.2. The van der Waals surface area contributed by atoms with E-state index in [1.54, 1.807) is 65.1 Å². The molecule has 0 spiro atoms. The normalized spacial score (nSPS) is 26.7. The molecule has 25 N–H and O–H groups in total. The topological polar surface area (TPSA) is 611 Å². The second kappa shape index (κ2) is 41.6. The molecule has 38 nitrogen and oxygen atoms in total. The number of aromatic amines is 1. The number of hydrogen-bond acceptors (Lipinski definition) is 22. The number of carbonyl (C=O) groups excluding carboxylic acids is 15. The summed E-state index contributed by atoms with van der Waals surface area (Å²) in [4.78, 5) is 217. The fourth-order valence-corrected chi connectivity index (χ4v) is 12.1. The summed E-state index contributed by atoms with van der Waals surface area (Å²) in [6, 6.07) is -10.2. The molecule has 0 radical (unpaired) electrons. The van der Waals surface area contributed by atoms with E-state index in [1.165, 1.54) is 38.1 Å². The summed E-state index contributed by atoms with van der Waals surface area (Å²) in [6.07, 6.45) is -3.26. The van der Waals surface area contributed by atoms with Crippen molar-refractivity contribution < 1.29 is 97.5 Å². The van der Waals surface area contributed by atoms with Gasteiger partial charge in [-0.05, 0) is 119 Å². The van der Waals surface area contributed by atoms with Crippen LogP contribution in [0.1, 0.15) is 118 Å². The minimum atomic E-state index is -1.87. The van der Waals surface area contributed by atoms with Gasteiger partial charge in [-0.2, -0.15) is 0 Å². The first kappa shape index (κ1) is 88.2. The molecule has 2 fully saturated rings. The van der Waals surface area contributed by atoms with Crippen LogP contribution in [-0.4, -0.2) is 254 Å². The number of aliphatic hydroxyl groups is 4. The van der Waals surface area contributed by atoms with E-state index in [1.807, 2.05) is 0 Å². The van der Waals surface area contributed by atoms with E-state index in [0.29, 0.717) is 22.0 Å². The van der Waals surface area contributed by atoms with Crippen LogP contribution >= 0.6 is 0 Å². The number of nitrogens with one attached hydrogen (secondary N) is 14. The van der Waals surface area contributed by atoms with Gasteiger partial charge in [-0.25, -0.2) is 0 Å². The van der Waals surface area contributed by atoms with Crippen molar-refractivity contribution >= 4 is 99.5 Å². The molecule has 38 heteroatoms. The highest BCUT2D eigenvalue weighted by molar-refractivity contribution is 6.01. The number of primary amides is 1. The number of aromatic hydroxyl groups is 1. The SMILES string of the molecule is CC(C)[C@@H]1NC(=O)[C@@H]2CCCN2C(=O)[C@@H](C)NC(=O)[C@H](CO)NC(=O)[C@H](C)NC(=O)[C@H](C(C)(C)C)NC(=O)[C@H](CCO)NC(=O)[C@H](Cc2c[nH]c3ccccc23)NC(=O)[C@H](CCO)NC(=O)[C@@H](CCN)NC(=O)[C@H](CCC(N)=O)NC(=O)[C@H](CCN)NC(=O)[C@H](Cc2ccc(O)cc2)NC(=O)[C@H]([C@@H](C)O)NC1=O. The fraction of sp³-hybridized carbons (Fsp3) is 0.586. The third-order valence-electron chi connectivity index (χ3n) is 18.2. The van der Waals surface area contributed by atoms with Gasteiger partial charge in [0.2, 0.25) is 88.6 Å². The Morgan fingerprint density at radius 2 is 0.954 bits per heavy atom. The van der Waals surface area contributed by atoms with Crippen molar-refractivity contribution in [2.45, 2.75) is 210 Å². The third kappa shape index (κ3) is 25.7. The highest BCUT2D eigenvalue weighted by Crippen LogP contribution is 2.24. The molecule has 0 aliphatic carbocycles. The Morgan fingerprint density at radius 1 is 0.509 bits per heavy atom. The Kier molecular flexibility index (Phi) is 34.0. The summed E-state index contributed by atoms with van der Waals surface area (Å²) >= 11 is 0. The maximum absolute atomic E-state index is 14.7. The molecule has 15 amide bonds. The van der Waals surface area contributed by atoms with Crippen LogP contribution in [0.25, 0.3) is 10.9 Å². The molecule has 15 atom stereocenters. The lowest BCUT2D eigenvalue weighted by molar-refractivity contribution is -0.142. The van der Waals surface area contributed by atoms with Gasteiger partial charge in [0.1, 0.15) is 90.3 Å². The van der Waals surface area contributed by atoms with Crippen LogP contribution in [0, 0.1) is 11.3 Å². The van der Waals surface area contributed by atoms with Crippen molar-refractivity contribution in [3.05, 3.63) is 65.9 Å². The lowest BCUT2D eigenvalue weighted by atomic mass is 9.85. The van der Waals surface area contributed by atoms with E-state index >= 15 is 0 Å². The first-order valence-electron chi connectivity index (χ1n) is 35.7. The molecular weight excluding hydrogens is 1410 g/mol. The molecule has 0 saturated carbocycles. The number of H-pyrrole nitrogens is 1. The van der Waals surface area contributed by atoms with Crippen LogP contribution in [0.5, 0.6) is 5.75 Å². The zero-order valence-corrected chi connectivity index (χ0v) is 61.8. The zero-order chi connectivity index (χ0) is 80.4. The number of aliphatic hydroxyl groups excluding tert-OH is 4. The van der Waals surface area contributed by atoms with Crippen LogP contribution in [0.15, 0.2) is 54.7 Å². The van der Waals surface area contributed by atoms with Crippen molar-refractivity contribution in [3.63, 3.8) is 0 Å². The fourth-order valence-electron chi connectivity index (χ4n) is 12.1. The van der Waals surface area contributed by atoms with Crippen molar-refractivity contribution in [1.29, 1.82) is 0 Å². The molecule has 3 aromatic rings. The molecule has 5 rings (SSSR count). The first-order chi connectivity index (χ1) is 51.0. The molecule has 2 aliphatic heterocycles. The summed E-state index contributed by atoms with van der Waals surface area (Å²) < 4.78 is 0. The number of para-hydroxylation sites is 1. The Morgan fingerprint density at radius 3 is 1.45 bits per heavy atom. The average Bonchev–Trinajstić information content (AvgIpc) is 1.18. The van der Waals surface area contributed by atoms with Gasteiger partial charge in [-0.15, -0.1) is 0 Å². The molecule has 0 unspecified atom stereocenters. The van der Waals surface area contributed by atoms with Crippen LogP contribution in [0.2, 0.25) is 0 Å². The van der Waals surface area contributed by atoms with Gasteiger partial charge < -0.3 is 122 Å². The van der Waals surface area contributed by atoms with Gasteiger partial charge in [-0.3, -0.25) is 71.9 Å².